The smallest absolute Gasteiger partial charge is 0.227 e. The summed E-state index contributed by atoms with van der Waals surface area (Å²) in [6.45, 7) is 4.57. The lowest BCUT2D eigenvalue weighted by Gasteiger charge is -2.32. The molecule has 1 N–H and O–H groups in total. The Morgan fingerprint density at radius 3 is 2.96 bits per heavy atom. The molecule has 0 saturated carbocycles. The van der Waals surface area contributed by atoms with E-state index in [4.69, 9.17) is 0 Å². The van der Waals surface area contributed by atoms with Gasteiger partial charge in [-0.15, -0.1) is 0 Å². The highest BCUT2D eigenvalue weighted by Gasteiger charge is 2.38. The van der Waals surface area contributed by atoms with Crippen LogP contribution in [-0.4, -0.2) is 46.9 Å². The zero-order chi connectivity index (χ0) is 16.1. The topological polar surface area (TPSA) is 39.3 Å². The molecule has 0 unspecified atom stereocenters. The second-order valence-electron chi connectivity index (χ2n) is 6.99. The van der Waals surface area contributed by atoms with E-state index in [9.17, 15) is 9.18 Å². The average Bonchev–Trinajstić information content (AvgIpc) is 2.68. The summed E-state index contributed by atoms with van der Waals surface area (Å²) < 4.78 is 13.5. The van der Waals surface area contributed by atoms with Gasteiger partial charge in [0.2, 0.25) is 5.91 Å². The molecule has 2 bridgehead atoms. The van der Waals surface area contributed by atoms with Crippen LogP contribution in [0.15, 0.2) is 18.2 Å². The highest BCUT2D eigenvalue weighted by Crippen LogP contribution is 2.30. The molecule has 1 amide bonds. The summed E-state index contributed by atoms with van der Waals surface area (Å²) in [6, 6.07) is 5.20. The van der Waals surface area contributed by atoms with Crippen molar-refractivity contribution in [2.24, 2.45) is 5.92 Å². The van der Waals surface area contributed by atoms with Crippen LogP contribution in [0.5, 0.6) is 0 Å². The van der Waals surface area contributed by atoms with E-state index < -0.39 is 0 Å². The Balaban J connectivity index is 1.61. The van der Waals surface area contributed by atoms with Gasteiger partial charge < -0.3 is 9.88 Å². The molecule has 1 aromatic carbocycles. The van der Waals surface area contributed by atoms with Crippen molar-refractivity contribution >= 4 is 16.8 Å². The SMILES string of the molecule is Cc1c(CN2C[C@@H]3CC[C@H](C2)N(C)C3=O)[nH]c2ccc(F)cc12. The van der Waals surface area contributed by atoms with Crippen LogP contribution in [0, 0.1) is 18.7 Å². The van der Waals surface area contributed by atoms with Crippen LogP contribution in [0.3, 0.4) is 0 Å². The van der Waals surface area contributed by atoms with Crippen molar-refractivity contribution in [3.05, 3.63) is 35.3 Å². The van der Waals surface area contributed by atoms with Gasteiger partial charge in [0.1, 0.15) is 5.82 Å². The summed E-state index contributed by atoms with van der Waals surface area (Å²) in [6.07, 6.45) is 2.10. The highest BCUT2D eigenvalue weighted by molar-refractivity contribution is 5.84. The first-order chi connectivity index (χ1) is 11.0. The fraction of sp³-hybridized carbons (Fsp3) is 0.500. The van der Waals surface area contributed by atoms with Crippen molar-refractivity contribution in [3.63, 3.8) is 0 Å². The molecule has 3 saturated heterocycles. The summed E-state index contributed by atoms with van der Waals surface area (Å²) in [5.41, 5.74) is 3.21. The molecule has 4 nitrogen and oxygen atoms in total. The largest absolute Gasteiger partial charge is 0.357 e. The number of rotatable bonds is 2. The van der Waals surface area contributed by atoms with E-state index in [1.807, 2.05) is 18.9 Å². The van der Waals surface area contributed by atoms with E-state index in [1.54, 1.807) is 12.1 Å². The van der Waals surface area contributed by atoms with Gasteiger partial charge in [-0.1, -0.05) is 0 Å². The van der Waals surface area contributed by atoms with Gasteiger partial charge in [0, 0.05) is 49.3 Å². The number of fused-ring (bicyclic) bond motifs is 5. The monoisotopic (exact) mass is 315 g/mol. The molecule has 2 aromatic rings. The van der Waals surface area contributed by atoms with Crippen LogP contribution in [0.2, 0.25) is 0 Å². The first-order valence-corrected chi connectivity index (χ1v) is 8.28. The van der Waals surface area contributed by atoms with E-state index >= 15 is 0 Å². The van der Waals surface area contributed by atoms with E-state index in [0.717, 1.165) is 54.6 Å². The minimum atomic E-state index is -0.203. The number of amides is 1. The predicted octanol–water partition coefficient (Wildman–Crippen LogP) is 2.67. The van der Waals surface area contributed by atoms with Gasteiger partial charge >= 0.3 is 0 Å². The molecule has 5 rings (SSSR count). The first-order valence-electron chi connectivity index (χ1n) is 8.28. The lowest BCUT2D eigenvalue weighted by Crippen LogP contribution is -2.45. The maximum absolute atomic E-state index is 13.5. The van der Waals surface area contributed by atoms with Crippen molar-refractivity contribution in [1.82, 2.24) is 14.8 Å². The number of aryl methyl sites for hydroxylation is 1. The Morgan fingerprint density at radius 2 is 2.13 bits per heavy atom. The van der Waals surface area contributed by atoms with Crippen molar-refractivity contribution in [3.8, 4) is 0 Å². The number of hydrogen-bond acceptors (Lipinski definition) is 2. The number of nitrogens with one attached hydrogen (secondary N) is 1. The van der Waals surface area contributed by atoms with Crippen molar-refractivity contribution in [2.75, 3.05) is 20.1 Å². The number of aromatic nitrogens is 1. The maximum atomic E-state index is 13.5. The fourth-order valence-electron chi connectivity index (χ4n) is 4.11. The molecule has 0 radical (unpaired) electrons. The average molecular weight is 315 g/mol. The molecule has 1 aromatic heterocycles. The van der Waals surface area contributed by atoms with Gasteiger partial charge in [-0.25, -0.2) is 4.39 Å². The summed E-state index contributed by atoms with van der Waals surface area (Å²) in [5.74, 6) is 0.214. The predicted molar refractivity (Wildman–Crippen MR) is 87.6 cm³/mol. The fourth-order valence-corrected chi connectivity index (χ4v) is 4.11. The molecule has 0 spiro atoms. The number of nitrogens with zero attached hydrogens (tertiary/aromatic N) is 2. The maximum Gasteiger partial charge on any atom is 0.227 e. The van der Waals surface area contributed by atoms with E-state index in [0.29, 0.717) is 11.9 Å². The van der Waals surface area contributed by atoms with Gasteiger partial charge in [-0.05, 0) is 43.5 Å². The normalized spacial score (nSPS) is 25.3. The van der Waals surface area contributed by atoms with E-state index in [2.05, 4.69) is 9.88 Å². The Hall–Kier alpha value is -1.88. The Bertz CT molecular complexity index is 769. The third kappa shape index (κ3) is 2.43. The quantitative estimate of drug-likeness (QED) is 0.925. The second-order valence-corrected chi connectivity index (χ2v) is 6.99. The van der Waals surface area contributed by atoms with Gasteiger partial charge in [0.05, 0.1) is 5.92 Å². The molecule has 122 valence electrons. The number of halogens is 1. The van der Waals surface area contributed by atoms with Crippen LogP contribution in [-0.2, 0) is 11.3 Å². The number of likely N-dealkylation sites (N-methyl/N-ethyl adjacent to an activating group) is 1. The number of hydrogen-bond donors (Lipinski definition) is 1. The summed E-state index contributed by atoms with van der Waals surface area (Å²) >= 11 is 0. The second kappa shape index (κ2) is 5.34. The highest BCUT2D eigenvalue weighted by atomic mass is 19.1. The number of carbonyl (C=O) groups is 1. The molecule has 3 aliphatic rings. The van der Waals surface area contributed by atoms with Crippen molar-refractivity contribution in [2.45, 2.75) is 32.4 Å². The molecule has 5 heteroatoms. The van der Waals surface area contributed by atoms with E-state index in [1.165, 1.54) is 6.07 Å². The third-order valence-electron chi connectivity index (χ3n) is 5.55. The van der Waals surface area contributed by atoms with Gasteiger partial charge in [0.15, 0.2) is 0 Å². The van der Waals surface area contributed by atoms with Gasteiger partial charge in [0.25, 0.3) is 0 Å². The zero-order valence-corrected chi connectivity index (χ0v) is 13.6. The lowest BCUT2D eigenvalue weighted by molar-refractivity contribution is -0.138. The van der Waals surface area contributed by atoms with Crippen LogP contribution >= 0.6 is 0 Å². The minimum Gasteiger partial charge on any atom is -0.357 e. The van der Waals surface area contributed by atoms with Crippen LogP contribution in [0.4, 0.5) is 4.39 Å². The third-order valence-corrected chi connectivity index (χ3v) is 5.55. The van der Waals surface area contributed by atoms with Crippen LogP contribution in [0.25, 0.3) is 10.9 Å². The number of benzene rings is 1. The molecule has 3 fully saturated rings. The summed E-state index contributed by atoms with van der Waals surface area (Å²) in [4.78, 5) is 20.0. The lowest BCUT2D eigenvalue weighted by atomic mass is 9.95. The first kappa shape index (κ1) is 14.7. The Labute approximate surface area is 135 Å². The van der Waals surface area contributed by atoms with Crippen LogP contribution in [0.1, 0.15) is 24.1 Å². The zero-order valence-electron chi connectivity index (χ0n) is 13.6. The molecule has 3 aliphatic heterocycles. The van der Waals surface area contributed by atoms with Gasteiger partial charge in [-0.3, -0.25) is 9.69 Å². The number of H-pyrrole nitrogens is 1. The van der Waals surface area contributed by atoms with Crippen LogP contribution < -0.4 is 0 Å². The standard InChI is InChI=1S/C18H22FN3O/c1-11-15-7-13(19)4-6-16(15)20-17(11)10-22-8-12-3-5-14(9-22)21(2)18(12)23/h4,6-7,12,14,20H,3,5,8-10H2,1-2H3/t12-,14+/m0/s1. The van der Waals surface area contributed by atoms with Gasteiger partial charge in [-0.2, -0.15) is 0 Å². The van der Waals surface area contributed by atoms with E-state index in [-0.39, 0.29) is 11.7 Å². The molecule has 23 heavy (non-hydrogen) atoms. The molecular formula is C18H22FN3O. The Kier molecular flexibility index (Phi) is 3.41. The Morgan fingerprint density at radius 1 is 1.30 bits per heavy atom. The number of carbonyl (C=O) groups excluding carboxylic acids is 1. The number of aromatic amines is 1. The molecule has 2 atom stereocenters. The summed E-state index contributed by atoms with van der Waals surface area (Å²) in [7, 11) is 1.93. The number of piperidine rings is 1. The van der Waals surface area contributed by atoms with Crippen molar-refractivity contribution in [1.29, 1.82) is 0 Å². The molecular weight excluding hydrogens is 293 g/mol. The molecule has 0 aliphatic carbocycles. The van der Waals surface area contributed by atoms with Crippen molar-refractivity contribution < 1.29 is 9.18 Å². The minimum absolute atomic E-state index is 0.126. The summed E-state index contributed by atoms with van der Waals surface area (Å²) in [5, 5.41) is 0.950. The molecule has 4 heterocycles.